The summed E-state index contributed by atoms with van der Waals surface area (Å²) in [4.78, 5) is 18.9. The van der Waals surface area contributed by atoms with Crippen LogP contribution < -0.4 is 4.74 Å². The number of rotatable bonds is 3. The summed E-state index contributed by atoms with van der Waals surface area (Å²) in [5, 5.41) is 11.9. The standard InChI is InChI=1S/C23H30N2O5/c1-28-13-4-5-14-15-6-7-25-11-12-8-19(26)22(29-2)20(23(27)30-3)16(12)10-18(25)21(15)24-17(14)9-13/h4-5,9,12,16,18-20,22,24,26H,6-8,10-11H2,1-3H3/t12-,16-,18-,19-,20+,22+/m1/s1. The van der Waals surface area contributed by atoms with E-state index in [2.05, 4.69) is 22.0 Å². The molecule has 2 N–H and O–H groups in total. The normalized spacial score (nSPS) is 33.5. The number of aromatic amines is 1. The van der Waals surface area contributed by atoms with Crippen LogP contribution in [0.25, 0.3) is 10.9 Å². The third-order valence-corrected chi connectivity index (χ3v) is 7.62. The molecular formula is C23H30N2O5. The number of aliphatic hydroxyl groups excluding tert-OH is 1. The quantitative estimate of drug-likeness (QED) is 0.750. The lowest BCUT2D eigenvalue weighted by atomic mass is 9.64. The molecule has 0 unspecified atom stereocenters. The van der Waals surface area contributed by atoms with E-state index in [0.717, 1.165) is 37.2 Å². The largest absolute Gasteiger partial charge is 0.497 e. The molecule has 2 aliphatic heterocycles. The molecule has 1 aromatic carbocycles. The highest BCUT2D eigenvalue weighted by molar-refractivity contribution is 5.86. The van der Waals surface area contributed by atoms with Crippen molar-refractivity contribution in [1.82, 2.24) is 9.88 Å². The molecule has 1 saturated heterocycles. The summed E-state index contributed by atoms with van der Waals surface area (Å²) in [5.41, 5.74) is 3.73. The van der Waals surface area contributed by atoms with E-state index < -0.39 is 18.1 Å². The summed E-state index contributed by atoms with van der Waals surface area (Å²) in [6.07, 6.45) is 1.36. The van der Waals surface area contributed by atoms with Gasteiger partial charge in [0.05, 0.1) is 38.4 Å². The van der Waals surface area contributed by atoms with Crippen LogP contribution in [0.3, 0.4) is 0 Å². The van der Waals surface area contributed by atoms with Crippen molar-refractivity contribution < 1.29 is 24.1 Å². The average Bonchev–Trinajstić information content (AvgIpc) is 3.14. The second kappa shape index (κ2) is 7.55. The molecule has 162 valence electrons. The number of methoxy groups -OCH3 is 3. The van der Waals surface area contributed by atoms with E-state index in [0.29, 0.717) is 6.42 Å². The molecule has 7 nitrogen and oxygen atoms in total. The average molecular weight is 415 g/mol. The van der Waals surface area contributed by atoms with E-state index in [1.165, 1.54) is 23.8 Å². The Hall–Kier alpha value is -2.09. The topological polar surface area (TPSA) is 84.0 Å². The summed E-state index contributed by atoms with van der Waals surface area (Å²) in [6.45, 7) is 1.88. The first-order valence-electron chi connectivity index (χ1n) is 10.8. The number of nitrogens with one attached hydrogen (secondary N) is 1. The number of carbonyl (C=O) groups excluding carboxylic acids is 1. The van der Waals surface area contributed by atoms with Crippen LogP contribution in [-0.2, 0) is 20.7 Å². The predicted molar refractivity (Wildman–Crippen MR) is 111 cm³/mol. The maximum atomic E-state index is 12.7. The molecule has 6 atom stereocenters. The SMILES string of the molecule is COC(=O)[C@H]1[C@@H]2C[C@@H]3c4[nH]c5cc(OC)ccc5c4CCN3C[C@H]2C[C@@H](O)[C@@H]1OC. The lowest BCUT2D eigenvalue weighted by Gasteiger charge is -2.52. The number of hydrogen-bond acceptors (Lipinski definition) is 6. The van der Waals surface area contributed by atoms with E-state index in [1.54, 1.807) is 14.2 Å². The van der Waals surface area contributed by atoms with Crippen LogP contribution in [0.4, 0.5) is 0 Å². The Balaban J connectivity index is 1.52. The Morgan fingerprint density at radius 2 is 2.07 bits per heavy atom. The van der Waals surface area contributed by atoms with E-state index in [4.69, 9.17) is 14.2 Å². The third kappa shape index (κ3) is 2.94. The molecule has 7 heteroatoms. The molecule has 3 heterocycles. The van der Waals surface area contributed by atoms with Crippen molar-refractivity contribution in [3.63, 3.8) is 0 Å². The van der Waals surface area contributed by atoms with Gasteiger partial charge < -0.3 is 24.3 Å². The number of ether oxygens (including phenoxy) is 3. The summed E-state index contributed by atoms with van der Waals surface area (Å²) >= 11 is 0. The molecule has 0 radical (unpaired) electrons. The summed E-state index contributed by atoms with van der Waals surface area (Å²) < 4.78 is 16.1. The lowest BCUT2D eigenvalue weighted by molar-refractivity contribution is -0.175. The predicted octanol–water partition coefficient (Wildman–Crippen LogP) is 2.28. The monoisotopic (exact) mass is 414 g/mol. The van der Waals surface area contributed by atoms with E-state index >= 15 is 0 Å². The zero-order chi connectivity index (χ0) is 21.0. The molecule has 1 aromatic heterocycles. The molecule has 2 fully saturated rings. The molecule has 1 aliphatic carbocycles. The Kier molecular flexibility index (Phi) is 5.00. The highest BCUT2D eigenvalue weighted by Gasteiger charge is 2.53. The van der Waals surface area contributed by atoms with Crippen LogP contribution in [0.15, 0.2) is 18.2 Å². The maximum Gasteiger partial charge on any atom is 0.311 e. The lowest BCUT2D eigenvalue weighted by Crippen LogP contribution is -2.57. The van der Waals surface area contributed by atoms with Crippen LogP contribution in [-0.4, -0.2) is 67.6 Å². The Morgan fingerprint density at radius 3 is 2.80 bits per heavy atom. The minimum Gasteiger partial charge on any atom is -0.497 e. The van der Waals surface area contributed by atoms with Crippen molar-refractivity contribution in [3.8, 4) is 5.75 Å². The molecule has 2 aromatic rings. The van der Waals surface area contributed by atoms with Gasteiger partial charge >= 0.3 is 5.97 Å². The minimum absolute atomic E-state index is 0.124. The smallest absolute Gasteiger partial charge is 0.311 e. The van der Waals surface area contributed by atoms with E-state index in [1.807, 2.05) is 6.07 Å². The van der Waals surface area contributed by atoms with E-state index in [9.17, 15) is 9.90 Å². The van der Waals surface area contributed by atoms with Gasteiger partial charge in [-0.2, -0.15) is 0 Å². The number of piperidine rings is 1. The van der Waals surface area contributed by atoms with Gasteiger partial charge in [0.2, 0.25) is 0 Å². The van der Waals surface area contributed by atoms with Gasteiger partial charge in [-0.25, -0.2) is 0 Å². The number of esters is 1. The van der Waals surface area contributed by atoms with Crippen molar-refractivity contribution in [2.24, 2.45) is 17.8 Å². The fraction of sp³-hybridized carbons (Fsp3) is 0.609. The van der Waals surface area contributed by atoms with Crippen molar-refractivity contribution in [1.29, 1.82) is 0 Å². The molecule has 0 spiro atoms. The molecule has 0 bridgehead atoms. The van der Waals surface area contributed by atoms with Gasteiger partial charge in [0.1, 0.15) is 5.75 Å². The zero-order valence-electron chi connectivity index (χ0n) is 17.8. The number of benzene rings is 1. The van der Waals surface area contributed by atoms with Crippen molar-refractivity contribution in [2.75, 3.05) is 34.4 Å². The Bertz CT molecular complexity index is 956. The number of hydrogen-bond donors (Lipinski definition) is 2. The Morgan fingerprint density at radius 1 is 1.23 bits per heavy atom. The van der Waals surface area contributed by atoms with Crippen LogP contribution in [0.1, 0.15) is 30.1 Å². The van der Waals surface area contributed by atoms with Gasteiger partial charge in [-0.3, -0.25) is 9.69 Å². The highest BCUT2D eigenvalue weighted by Crippen LogP contribution is 2.50. The third-order valence-electron chi connectivity index (χ3n) is 7.62. The first-order chi connectivity index (χ1) is 14.5. The van der Waals surface area contributed by atoms with Gasteiger partial charge in [0.25, 0.3) is 0 Å². The second-order valence-corrected chi connectivity index (χ2v) is 8.90. The molecular weight excluding hydrogens is 384 g/mol. The van der Waals surface area contributed by atoms with Gasteiger partial charge in [0, 0.05) is 42.9 Å². The Labute approximate surface area is 176 Å². The molecule has 30 heavy (non-hydrogen) atoms. The summed E-state index contributed by atoms with van der Waals surface area (Å²) in [5.74, 6) is 0.514. The number of aromatic nitrogens is 1. The number of nitrogens with zero attached hydrogens (tertiary/aromatic N) is 1. The number of fused-ring (bicyclic) bond motifs is 6. The molecule has 1 saturated carbocycles. The van der Waals surface area contributed by atoms with Crippen LogP contribution in [0, 0.1) is 17.8 Å². The van der Waals surface area contributed by atoms with Crippen molar-refractivity contribution in [2.45, 2.75) is 37.5 Å². The van der Waals surface area contributed by atoms with Crippen molar-refractivity contribution in [3.05, 3.63) is 29.5 Å². The molecule has 5 rings (SSSR count). The fourth-order valence-electron chi connectivity index (χ4n) is 6.27. The van der Waals surface area contributed by atoms with E-state index in [-0.39, 0.29) is 23.8 Å². The zero-order valence-corrected chi connectivity index (χ0v) is 17.8. The minimum atomic E-state index is -0.641. The molecule has 3 aliphatic rings. The number of H-pyrrole nitrogens is 1. The van der Waals surface area contributed by atoms with Crippen LogP contribution >= 0.6 is 0 Å². The van der Waals surface area contributed by atoms with Gasteiger partial charge in [-0.05, 0) is 48.8 Å². The first-order valence-corrected chi connectivity index (χ1v) is 10.8. The second-order valence-electron chi connectivity index (χ2n) is 8.90. The van der Waals surface area contributed by atoms with Gasteiger partial charge in [-0.1, -0.05) is 0 Å². The van der Waals surface area contributed by atoms with Crippen LogP contribution in [0.5, 0.6) is 5.75 Å². The molecule has 0 amide bonds. The summed E-state index contributed by atoms with van der Waals surface area (Å²) in [7, 11) is 4.68. The highest BCUT2D eigenvalue weighted by atomic mass is 16.5. The van der Waals surface area contributed by atoms with Crippen LogP contribution in [0.2, 0.25) is 0 Å². The number of carbonyl (C=O) groups is 1. The van der Waals surface area contributed by atoms with Gasteiger partial charge in [0.15, 0.2) is 0 Å². The fourth-order valence-corrected chi connectivity index (χ4v) is 6.27. The summed E-state index contributed by atoms with van der Waals surface area (Å²) in [6, 6.07) is 6.44. The maximum absolute atomic E-state index is 12.7. The van der Waals surface area contributed by atoms with Gasteiger partial charge in [-0.15, -0.1) is 0 Å². The van der Waals surface area contributed by atoms with Crippen molar-refractivity contribution >= 4 is 16.9 Å². The number of aliphatic hydroxyl groups is 1. The first kappa shape index (κ1) is 19.8.